The lowest BCUT2D eigenvalue weighted by Gasteiger charge is -2.16. The Morgan fingerprint density at radius 3 is 2.48 bits per heavy atom. The van der Waals surface area contributed by atoms with Crippen molar-refractivity contribution in [2.45, 2.75) is 44.8 Å². The summed E-state index contributed by atoms with van der Waals surface area (Å²) in [4.78, 5) is 26.7. The van der Waals surface area contributed by atoms with Gasteiger partial charge in [-0.15, -0.1) is 0 Å². The number of nitrogens with one attached hydrogen (secondary N) is 2. The van der Waals surface area contributed by atoms with Crippen LogP contribution in [-0.2, 0) is 9.53 Å². The van der Waals surface area contributed by atoms with Gasteiger partial charge in [0.1, 0.15) is 10.0 Å². The Hall–Kier alpha value is -1.24. The number of nitrogens with two attached hydrogens (primary N) is 1. The maximum Gasteiger partial charge on any atom is 0.406 e. The number of carbonyl (C=O) groups excluding carboxylic acids is 2. The quantitative estimate of drug-likeness (QED) is 0.619. The van der Waals surface area contributed by atoms with Crippen LogP contribution in [0.3, 0.4) is 0 Å². The number of aromatic nitrogens is 1. The fourth-order valence-electron chi connectivity index (χ4n) is 2.37. The molecule has 0 radical (unpaired) electrons. The van der Waals surface area contributed by atoms with Crippen LogP contribution in [0.1, 0.15) is 43.1 Å². The smallest absolute Gasteiger partial charge is 0.406 e. The number of ether oxygens (including phenoxy) is 1. The second kappa shape index (κ2) is 7.55. The Morgan fingerprint density at radius 1 is 1.26 bits per heavy atom. The number of rotatable bonds is 4. The van der Waals surface area contributed by atoms with Crippen LogP contribution < -0.4 is 16.0 Å². The first kappa shape index (κ1) is 18.1. The minimum Gasteiger partial charge on any atom is -0.445 e. The third kappa shape index (κ3) is 4.19. The van der Waals surface area contributed by atoms with Crippen LogP contribution in [0.2, 0.25) is 15.2 Å². The Labute approximate surface area is 148 Å². The molecule has 1 aromatic heterocycles. The summed E-state index contributed by atoms with van der Waals surface area (Å²) in [5.41, 5.74) is 5.48. The Morgan fingerprint density at radius 2 is 1.87 bits per heavy atom. The van der Waals surface area contributed by atoms with Crippen molar-refractivity contribution in [3.05, 3.63) is 20.9 Å². The molecule has 1 heterocycles. The summed E-state index contributed by atoms with van der Waals surface area (Å²) >= 11 is 17.6. The third-order valence-corrected chi connectivity index (χ3v) is 4.84. The van der Waals surface area contributed by atoms with Gasteiger partial charge in [0.15, 0.2) is 6.10 Å². The van der Waals surface area contributed by atoms with E-state index in [0.717, 1.165) is 25.7 Å². The topological polar surface area (TPSA) is 95.6 Å². The molecule has 1 aromatic rings. The number of hydrogen-bond donors (Lipinski definition) is 2. The van der Waals surface area contributed by atoms with Crippen LogP contribution >= 0.6 is 34.8 Å². The summed E-state index contributed by atoms with van der Waals surface area (Å²) in [7, 11) is 0. The van der Waals surface area contributed by atoms with Crippen molar-refractivity contribution in [2.24, 2.45) is 0 Å². The summed E-state index contributed by atoms with van der Waals surface area (Å²) in [6.07, 6.45) is 3.09. The first-order valence-corrected chi connectivity index (χ1v) is 8.31. The van der Waals surface area contributed by atoms with Crippen LogP contribution in [-0.4, -0.2) is 24.0 Å². The van der Waals surface area contributed by atoms with E-state index in [1.54, 1.807) is 0 Å². The number of anilines is 1. The molecule has 6 nitrogen and oxygen atoms in total. The van der Waals surface area contributed by atoms with Crippen molar-refractivity contribution in [3.8, 4) is 0 Å². The van der Waals surface area contributed by atoms with Crippen LogP contribution in [0.25, 0.3) is 0 Å². The number of aromatic amines is 1. The van der Waals surface area contributed by atoms with Crippen molar-refractivity contribution in [2.75, 3.05) is 5.73 Å². The molecule has 0 unspecified atom stereocenters. The number of esters is 1. The van der Waals surface area contributed by atoms with Gasteiger partial charge in [0.05, 0.1) is 5.69 Å². The summed E-state index contributed by atoms with van der Waals surface area (Å²) in [5, 5.41) is 2.72. The van der Waals surface area contributed by atoms with E-state index in [-0.39, 0.29) is 38.5 Å². The van der Waals surface area contributed by atoms with E-state index in [4.69, 9.17) is 45.3 Å². The van der Waals surface area contributed by atoms with Gasteiger partial charge in [0, 0.05) is 6.04 Å². The fourth-order valence-corrected chi connectivity index (χ4v) is 2.98. The lowest BCUT2D eigenvalue weighted by Crippen LogP contribution is -2.41. The predicted octanol–water partition coefficient (Wildman–Crippen LogP) is 2.65. The van der Waals surface area contributed by atoms with Crippen molar-refractivity contribution in [1.29, 1.82) is 0 Å². The van der Waals surface area contributed by atoms with Crippen molar-refractivity contribution in [3.63, 3.8) is 0 Å². The zero-order valence-electron chi connectivity index (χ0n) is 12.4. The molecule has 0 saturated heterocycles. The molecule has 9 heteroatoms. The summed E-state index contributed by atoms with van der Waals surface area (Å²) in [6.45, 7) is 1.48. The molecule has 1 fully saturated rings. The van der Waals surface area contributed by atoms with Gasteiger partial charge in [-0.3, -0.25) is 4.79 Å². The maximum atomic E-state index is 12.2. The SMILES string of the molecule is C[C@@H](OC(=O)c1[nH+]c(Cl)c(Cl)c(N)c1Cl)C(=O)NC1CCCC1. The highest BCUT2D eigenvalue weighted by Gasteiger charge is 2.30. The van der Waals surface area contributed by atoms with Gasteiger partial charge in [-0.25, -0.2) is 4.79 Å². The Kier molecular flexibility index (Phi) is 5.95. The van der Waals surface area contributed by atoms with Gasteiger partial charge in [-0.1, -0.05) is 36.0 Å². The monoisotopic (exact) mass is 380 g/mol. The Balaban J connectivity index is 2.05. The molecular formula is C14H17Cl3N3O3+. The molecule has 0 bridgehead atoms. The standard InChI is InChI=1S/C14H16Cl3N3O3/c1-6(13(21)19-7-4-2-3-5-7)23-14(22)11-8(15)10(18)9(16)12(17)20-11/h6-7H,2-5H2,1H3,(H2,18,20)(H,19,21)/p+1/t6-/m1/s1. The van der Waals surface area contributed by atoms with E-state index >= 15 is 0 Å². The molecule has 23 heavy (non-hydrogen) atoms. The van der Waals surface area contributed by atoms with Gasteiger partial charge in [-0.05, 0) is 31.4 Å². The first-order chi connectivity index (χ1) is 10.8. The van der Waals surface area contributed by atoms with E-state index in [1.165, 1.54) is 6.92 Å². The normalized spacial score (nSPS) is 16.2. The number of amides is 1. The molecule has 1 amide bonds. The van der Waals surface area contributed by atoms with E-state index in [0.29, 0.717) is 0 Å². The fraction of sp³-hybridized carbons (Fsp3) is 0.500. The molecule has 4 N–H and O–H groups in total. The average molecular weight is 382 g/mol. The Bertz CT molecular complexity index is 633. The first-order valence-electron chi connectivity index (χ1n) is 7.17. The second-order valence-corrected chi connectivity index (χ2v) is 6.53. The molecule has 126 valence electrons. The summed E-state index contributed by atoms with van der Waals surface area (Å²) in [6, 6.07) is 0.138. The largest absolute Gasteiger partial charge is 0.445 e. The highest BCUT2D eigenvalue weighted by Crippen LogP contribution is 2.32. The van der Waals surface area contributed by atoms with Crippen molar-refractivity contribution < 1.29 is 19.3 Å². The van der Waals surface area contributed by atoms with E-state index in [9.17, 15) is 9.59 Å². The van der Waals surface area contributed by atoms with Crippen LogP contribution in [0.15, 0.2) is 0 Å². The molecule has 1 atom stereocenters. The molecule has 0 spiro atoms. The number of nitrogen functional groups attached to an aromatic ring is 1. The third-order valence-electron chi connectivity index (χ3n) is 3.68. The number of halogens is 3. The lowest BCUT2D eigenvalue weighted by molar-refractivity contribution is -0.380. The zero-order valence-corrected chi connectivity index (χ0v) is 14.7. The zero-order chi connectivity index (χ0) is 17.1. The molecule has 0 aromatic carbocycles. The highest BCUT2D eigenvalue weighted by molar-refractivity contribution is 6.45. The molecule has 0 aliphatic heterocycles. The highest BCUT2D eigenvalue weighted by atomic mass is 35.5. The number of pyridine rings is 1. The number of carbonyl (C=O) groups is 2. The predicted molar refractivity (Wildman–Crippen MR) is 87.7 cm³/mol. The van der Waals surface area contributed by atoms with E-state index in [1.807, 2.05) is 0 Å². The van der Waals surface area contributed by atoms with Crippen molar-refractivity contribution in [1.82, 2.24) is 5.32 Å². The van der Waals surface area contributed by atoms with Crippen LogP contribution in [0.4, 0.5) is 5.69 Å². The summed E-state index contributed by atoms with van der Waals surface area (Å²) in [5.74, 6) is -1.19. The van der Waals surface area contributed by atoms with Gasteiger partial charge in [-0.2, -0.15) is 4.98 Å². The molecular weight excluding hydrogens is 365 g/mol. The molecule has 1 aliphatic carbocycles. The van der Waals surface area contributed by atoms with Gasteiger partial charge in [0.25, 0.3) is 11.1 Å². The maximum absolute atomic E-state index is 12.2. The molecule has 1 aliphatic rings. The van der Waals surface area contributed by atoms with Gasteiger partial charge < -0.3 is 15.8 Å². The minimum atomic E-state index is -0.969. The molecule has 1 saturated carbocycles. The minimum absolute atomic E-state index is 0.0141. The van der Waals surface area contributed by atoms with Gasteiger partial charge in [0.2, 0.25) is 0 Å². The van der Waals surface area contributed by atoms with Crippen LogP contribution in [0, 0.1) is 0 Å². The van der Waals surface area contributed by atoms with Gasteiger partial charge >= 0.3 is 11.7 Å². The number of hydrogen-bond acceptors (Lipinski definition) is 4. The summed E-state index contributed by atoms with van der Waals surface area (Å²) < 4.78 is 5.12. The van der Waals surface area contributed by atoms with Crippen LogP contribution in [0.5, 0.6) is 0 Å². The van der Waals surface area contributed by atoms with Crippen molar-refractivity contribution >= 4 is 52.4 Å². The number of H-pyrrole nitrogens is 1. The molecule has 2 rings (SSSR count). The lowest BCUT2D eigenvalue weighted by atomic mass is 10.2. The average Bonchev–Trinajstić information content (AvgIpc) is 3.01. The van der Waals surface area contributed by atoms with E-state index in [2.05, 4.69) is 10.3 Å². The van der Waals surface area contributed by atoms with E-state index < -0.39 is 12.1 Å². The second-order valence-electron chi connectivity index (χ2n) is 5.39.